The van der Waals surface area contributed by atoms with Crippen molar-refractivity contribution in [1.82, 2.24) is 0 Å². The second kappa shape index (κ2) is 13.1. The van der Waals surface area contributed by atoms with E-state index in [-0.39, 0.29) is 0 Å². The van der Waals surface area contributed by atoms with Crippen molar-refractivity contribution in [1.29, 1.82) is 0 Å². The van der Waals surface area contributed by atoms with Crippen LogP contribution in [0.4, 0.5) is 0 Å². The highest BCUT2D eigenvalue weighted by atomic mass is 16.6. The van der Waals surface area contributed by atoms with E-state index in [0.29, 0.717) is 12.2 Å². The Morgan fingerprint density at radius 3 is 1.86 bits per heavy atom. The Balaban J connectivity index is 1.81. The molecular formula is C20H36O. The zero-order valence-corrected chi connectivity index (χ0v) is 14.4. The SMILES string of the molecule is CC/C=C\C[C@@H]1O[C@@H]1C/C=C\CCCCCCCCCC. The van der Waals surface area contributed by atoms with Gasteiger partial charge in [0.1, 0.15) is 0 Å². The van der Waals surface area contributed by atoms with Gasteiger partial charge >= 0.3 is 0 Å². The predicted octanol–water partition coefficient (Wildman–Crippen LogP) is 6.59. The molecule has 0 bridgehead atoms. The normalized spacial score (nSPS) is 21.6. The molecule has 0 aromatic heterocycles. The Morgan fingerprint density at radius 2 is 1.24 bits per heavy atom. The molecule has 0 aromatic rings. The molecule has 21 heavy (non-hydrogen) atoms. The quantitative estimate of drug-likeness (QED) is 0.200. The predicted molar refractivity (Wildman–Crippen MR) is 93.7 cm³/mol. The number of unbranched alkanes of at least 4 members (excludes halogenated alkanes) is 8. The summed E-state index contributed by atoms with van der Waals surface area (Å²) in [5, 5.41) is 0. The van der Waals surface area contributed by atoms with Gasteiger partial charge in [-0.25, -0.2) is 0 Å². The lowest BCUT2D eigenvalue weighted by molar-refractivity contribution is 0.372. The van der Waals surface area contributed by atoms with Gasteiger partial charge < -0.3 is 4.74 Å². The van der Waals surface area contributed by atoms with Crippen LogP contribution in [0.1, 0.15) is 90.9 Å². The summed E-state index contributed by atoms with van der Waals surface area (Å²) in [5.41, 5.74) is 0. The molecule has 0 spiro atoms. The molecule has 1 nitrogen and oxygen atoms in total. The minimum Gasteiger partial charge on any atom is -0.369 e. The Kier molecular flexibility index (Phi) is 11.6. The van der Waals surface area contributed by atoms with E-state index >= 15 is 0 Å². The highest BCUT2D eigenvalue weighted by Gasteiger charge is 2.35. The summed E-state index contributed by atoms with van der Waals surface area (Å²) in [4.78, 5) is 0. The molecule has 0 aromatic carbocycles. The first-order valence-corrected chi connectivity index (χ1v) is 9.34. The maximum absolute atomic E-state index is 5.65. The van der Waals surface area contributed by atoms with Crippen molar-refractivity contribution >= 4 is 0 Å². The second-order valence-corrected chi connectivity index (χ2v) is 6.30. The van der Waals surface area contributed by atoms with E-state index in [1.807, 2.05) is 0 Å². The Bertz CT molecular complexity index is 280. The van der Waals surface area contributed by atoms with Gasteiger partial charge in [-0.15, -0.1) is 0 Å². The van der Waals surface area contributed by atoms with Crippen LogP contribution >= 0.6 is 0 Å². The molecule has 1 aliphatic heterocycles. The molecule has 1 fully saturated rings. The highest BCUT2D eigenvalue weighted by molar-refractivity contribution is 4.97. The van der Waals surface area contributed by atoms with Gasteiger partial charge in [-0.05, 0) is 32.1 Å². The third-order valence-electron chi connectivity index (χ3n) is 4.22. The van der Waals surface area contributed by atoms with Crippen LogP contribution in [0.5, 0.6) is 0 Å². The van der Waals surface area contributed by atoms with E-state index in [1.165, 1.54) is 57.8 Å². The molecule has 0 amide bonds. The zero-order valence-electron chi connectivity index (χ0n) is 14.4. The van der Waals surface area contributed by atoms with Crippen molar-refractivity contribution in [2.75, 3.05) is 0 Å². The Labute approximate surface area is 132 Å². The molecule has 0 aliphatic carbocycles. The maximum Gasteiger partial charge on any atom is 0.0879 e. The van der Waals surface area contributed by atoms with E-state index < -0.39 is 0 Å². The molecular weight excluding hydrogens is 256 g/mol. The van der Waals surface area contributed by atoms with Crippen LogP contribution in [0.2, 0.25) is 0 Å². The maximum atomic E-state index is 5.65. The fourth-order valence-corrected chi connectivity index (χ4v) is 2.74. The summed E-state index contributed by atoms with van der Waals surface area (Å²) in [6.45, 7) is 4.46. The molecule has 122 valence electrons. The number of epoxide rings is 1. The van der Waals surface area contributed by atoms with Crippen LogP contribution in [0.25, 0.3) is 0 Å². The second-order valence-electron chi connectivity index (χ2n) is 6.30. The first-order chi connectivity index (χ1) is 10.4. The van der Waals surface area contributed by atoms with Crippen molar-refractivity contribution in [3.05, 3.63) is 24.3 Å². The third-order valence-corrected chi connectivity index (χ3v) is 4.22. The number of ether oxygens (including phenoxy) is 1. The fraction of sp³-hybridized carbons (Fsp3) is 0.800. The molecule has 0 unspecified atom stereocenters. The molecule has 2 atom stereocenters. The number of allylic oxidation sites excluding steroid dienone is 2. The van der Waals surface area contributed by atoms with Gasteiger partial charge in [0.05, 0.1) is 12.2 Å². The largest absolute Gasteiger partial charge is 0.369 e. The highest BCUT2D eigenvalue weighted by Crippen LogP contribution is 2.29. The Hall–Kier alpha value is -0.560. The fourth-order valence-electron chi connectivity index (χ4n) is 2.74. The van der Waals surface area contributed by atoms with E-state index in [4.69, 9.17) is 4.74 Å². The number of hydrogen-bond donors (Lipinski definition) is 0. The average Bonchev–Trinajstić information content (AvgIpc) is 3.23. The van der Waals surface area contributed by atoms with Crippen LogP contribution < -0.4 is 0 Å². The van der Waals surface area contributed by atoms with Crippen LogP contribution in [-0.2, 0) is 4.74 Å². The summed E-state index contributed by atoms with van der Waals surface area (Å²) in [6, 6.07) is 0. The van der Waals surface area contributed by atoms with Crippen molar-refractivity contribution in [2.45, 2.75) is 103 Å². The van der Waals surface area contributed by atoms with Crippen LogP contribution in [0, 0.1) is 0 Å². The average molecular weight is 293 g/mol. The van der Waals surface area contributed by atoms with E-state index in [0.717, 1.165) is 19.3 Å². The van der Waals surface area contributed by atoms with Crippen molar-refractivity contribution in [3.8, 4) is 0 Å². The first kappa shape index (κ1) is 18.5. The van der Waals surface area contributed by atoms with Gasteiger partial charge in [0.2, 0.25) is 0 Å². The first-order valence-electron chi connectivity index (χ1n) is 9.34. The van der Waals surface area contributed by atoms with Crippen molar-refractivity contribution < 1.29 is 4.74 Å². The van der Waals surface area contributed by atoms with Gasteiger partial charge in [0.15, 0.2) is 0 Å². The molecule has 1 heterocycles. The standard InChI is InChI=1S/C20H36O/c1-3-5-7-8-9-10-11-12-13-14-16-18-20-19(21-20)17-15-6-4-2/h6,14-16,19-20H,3-5,7-13,17-18H2,1-2H3/b15-6-,16-14-/t19-,20+/m0/s1. The minimum atomic E-state index is 0.501. The summed E-state index contributed by atoms with van der Waals surface area (Å²) >= 11 is 0. The molecule has 1 heteroatoms. The van der Waals surface area contributed by atoms with Crippen LogP contribution in [0.3, 0.4) is 0 Å². The molecule has 1 saturated heterocycles. The molecule has 1 rings (SSSR count). The van der Waals surface area contributed by atoms with Crippen molar-refractivity contribution in [3.63, 3.8) is 0 Å². The lowest BCUT2D eigenvalue weighted by atomic mass is 10.1. The van der Waals surface area contributed by atoms with Crippen molar-refractivity contribution in [2.24, 2.45) is 0 Å². The van der Waals surface area contributed by atoms with Crippen LogP contribution in [-0.4, -0.2) is 12.2 Å². The summed E-state index contributed by atoms with van der Waals surface area (Å²) < 4.78 is 5.65. The van der Waals surface area contributed by atoms with Gasteiger partial charge in [-0.1, -0.05) is 83.1 Å². The lowest BCUT2D eigenvalue weighted by Crippen LogP contribution is -1.90. The zero-order chi connectivity index (χ0) is 15.2. The minimum absolute atomic E-state index is 0.501. The molecule has 0 radical (unpaired) electrons. The van der Waals surface area contributed by atoms with Gasteiger partial charge in [-0.3, -0.25) is 0 Å². The van der Waals surface area contributed by atoms with Gasteiger partial charge in [-0.2, -0.15) is 0 Å². The van der Waals surface area contributed by atoms with Gasteiger partial charge in [0.25, 0.3) is 0 Å². The Morgan fingerprint density at radius 1 is 0.667 bits per heavy atom. The summed E-state index contributed by atoms with van der Waals surface area (Å²) in [5.74, 6) is 0. The van der Waals surface area contributed by atoms with Crippen LogP contribution in [0.15, 0.2) is 24.3 Å². The van der Waals surface area contributed by atoms with E-state index in [9.17, 15) is 0 Å². The third kappa shape index (κ3) is 10.8. The number of rotatable bonds is 14. The smallest absolute Gasteiger partial charge is 0.0879 e. The summed E-state index contributed by atoms with van der Waals surface area (Å²) in [6.07, 6.45) is 26.1. The lowest BCUT2D eigenvalue weighted by Gasteiger charge is -1.99. The monoisotopic (exact) mass is 292 g/mol. The number of hydrogen-bond acceptors (Lipinski definition) is 1. The van der Waals surface area contributed by atoms with E-state index in [2.05, 4.69) is 38.2 Å². The van der Waals surface area contributed by atoms with Gasteiger partial charge in [0, 0.05) is 0 Å². The molecule has 1 aliphatic rings. The van der Waals surface area contributed by atoms with E-state index in [1.54, 1.807) is 0 Å². The molecule has 0 saturated carbocycles. The topological polar surface area (TPSA) is 12.5 Å². The summed E-state index contributed by atoms with van der Waals surface area (Å²) in [7, 11) is 0. The molecule has 0 N–H and O–H groups in total.